The Labute approximate surface area is 140 Å². The van der Waals surface area contributed by atoms with Crippen LogP contribution in [-0.4, -0.2) is 48.6 Å². The van der Waals surface area contributed by atoms with Crippen molar-refractivity contribution in [3.8, 4) is 0 Å². The van der Waals surface area contributed by atoms with Crippen LogP contribution in [0.3, 0.4) is 0 Å². The maximum atomic E-state index is 8.74. The predicted octanol–water partition coefficient (Wildman–Crippen LogP) is 2.76. The van der Waals surface area contributed by atoms with Crippen molar-refractivity contribution in [1.29, 1.82) is 0 Å². The first-order valence-corrected chi connectivity index (χ1v) is 9.95. The summed E-state index contributed by atoms with van der Waals surface area (Å²) in [5, 5.41) is 3.37. The normalized spacial score (nSPS) is 17.6. The summed E-state index contributed by atoms with van der Waals surface area (Å²) < 4.78 is 37.6. The molecule has 1 aliphatic rings. The van der Waals surface area contributed by atoms with Gasteiger partial charge in [0.2, 0.25) is 0 Å². The van der Waals surface area contributed by atoms with Crippen LogP contribution in [0.1, 0.15) is 58.3 Å². The molecule has 3 N–H and O–H groups in total. The van der Waals surface area contributed by atoms with Crippen LogP contribution in [0, 0.1) is 0 Å². The summed E-state index contributed by atoms with van der Waals surface area (Å²) in [5.74, 6) is 0.932. The number of rotatable bonds is 9. The van der Waals surface area contributed by atoms with Gasteiger partial charge >= 0.3 is 10.4 Å². The van der Waals surface area contributed by atoms with E-state index < -0.39 is 10.4 Å². The first-order chi connectivity index (χ1) is 10.3. The van der Waals surface area contributed by atoms with E-state index in [1.807, 2.05) is 0 Å². The van der Waals surface area contributed by atoms with Crippen LogP contribution in [0.25, 0.3) is 0 Å². The van der Waals surface area contributed by atoms with Crippen molar-refractivity contribution < 1.29 is 22.3 Å². The van der Waals surface area contributed by atoms with Gasteiger partial charge in [-0.15, -0.1) is 0 Å². The summed E-state index contributed by atoms with van der Waals surface area (Å²) in [7, 11) is -4.67. The van der Waals surface area contributed by atoms with E-state index in [1.54, 1.807) is 0 Å². The van der Waals surface area contributed by atoms with Crippen molar-refractivity contribution in [2.24, 2.45) is 0 Å². The van der Waals surface area contributed by atoms with Gasteiger partial charge in [0, 0.05) is 18.9 Å². The molecule has 1 aliphatic carbocycles. The third kappa shape index (κ3) is 16.5. The van der Waals surface area contributed by atoms with Crippen LogP contribution in [0.2, 0.25) is 0 Å². The van der Waals surface area contributed by atoms with Crippen molar-refractivity contribution in [1.82, 2.24) is 5.32 Å². The summed E-state index contributed by atoms with van der Waals surface area (Å²) in [4.78, 5) is 0. The molecule has 1 rings (SSSR count). The molecule has 8 heteroatoms. The molecule has 0 aromatic rings. The van der Waals surface area contributed by atoms with Gasteiger partial charge < -0.3 is 10.1 Å². The van der Waals surface area contributed by atoms with Gasteiger partial charge in [-0.2, -0.15) is 21.0 Å². The molecule has 0 spiro atoms. The summed E-state index contributed by atoms with van der Waals surface area (Å²) in [6.45, 7) is 5.39. The minimum Gasteiger partial charge on any atom is -0.375 e. The van der Waals surface area contributed by atoms with Crippen molar-refractivity contribution in [3.63, 3.8) is 0 Å². The highest BCUT2D eigenvalue weighted by molar-refractivity contribution is 7.80. The minimum atomic E-state index is -4.67. The summed E-state index contributed by atoms with van der Waals surface area (Å²) in [5.41, 5.74) is 0.197. The fourth-order valence-corrected chi connectivity index (χ4v) is 2.65. The third-order valence-electron chi connectivity index (χ3n) is 3.65. The average molecular weight is 358 g/mol. The molecule has 1 saturated carbocycles. The maximum Gasteiger partial charge on any atom is 0.394 e. The number of hydrogen-bond donors (Lipinski definition) is 4. The van der Waals surface area contributed by atoms with Crippen molar-refractivity contribution >= 4 is 23.0 Å². The molecule has 22 heavy (non-hydrogen) atoms. The second-order valence-corrected chi connectivity index (χ2v) is 7.18. The number of nitrogens with one attached hydrogen (secondary N) is 1. The number of ether oxygens (including phenoxy) is 1. The maximum absolute atomic E-state index is 8.74. The summed E-state index contributed by atoms with van der Waals surface area (Å²) in [6, 6.07) is 0. The van der Waals surface area contributed by atoms with Gasteiger partial charge in [-0.25, -0.2) is 0 Å². The quantitative estimate of drug-likeness (QED) is 0.288. The Hall–Kier alpha value is 0.140. The second kappa shape index (κ2) is 12.5. The Morgan fingerprint density at radius 1 is 1.09 bits per heavy atom. The molecule has 1 fully saturated rings. The molecule has 0 aliphatic heterocycles. The Balaban J connectivity index is 0.000000763. The fourth-order valence-electron chi connectivity index (χ4n) is 2.50. The van der Waals surface area contributed by atoms with Crippen molar-refractivity contribution in [2.45, 2.75) is 63.9 Å². The second-order valence-electron chi connectivity index (χ2n) is 5.84. The molecule has 0 bridgehead atoms. The van der Waals surface area contributed by atoms with E-state index in [9.17, 15) is 0 Å². The molecule has 0 aromatic heterocycles. The Kier molecular flexibility index (Phi) is 12.6. The lowest BCUT2D eigenvalue weighted by Gasteiger charge is -2.33. The monoisotopic (exact) mass is 357 g/mol. The van der Waals surface area contributed by atoms with E-state index >= 15 is 0 Å². The lowest BCUT2D eigenvalue weighted by Crippen LogP contribution is -2.31. The van der Waals surface area contributed by atoms with Gasteiger partial charge in [0.15, 0.2) is 0 Å². The van der Waals surface area contributed by atoms with Crippen molar-refractivity contribution in [2.75, 3.05) is 25.4 Å². The third-order valence-corrected chi connectivity index (χ3v) is 3.87. The topological polar surface area (TPSA) is 95.9 Å². The largest absolute Gasteiger partial charge is 0.394 e. The molecule has 0 saturated heterocycles. The molecule has 0 unspecified atom stereocenters. The zero-order valence-corrected chi connectivity index (χ0v) is 15.2. The standard InChI is InChI=1S/C14H29NOS.H2O4S/c1-14(8-4-2-5-9-14)16-12-7-3-6-10-15-11-13-17;1-5(2,3)4/h15,17H,2-13H2,1H3;(H2,1,2,3,4). The van der Waals surface area contributed by atoms with Gasteiger partial charge in [0.1, 0.15) is 0 Å². The van der Waals surface area contributed by atoms with Gasteiger partial charge in [-0.3, -0.25) is 9.11 Å². The Morgan fingerprint density at radius 2 is 1.68 bits per heavy atom. The summed E-state index contributed by atoms with van der Waals surface area (Å²) in [6.07, 6.45) is 10.4. The van der Waals surface area contributed by atoms with Crippen LogP contribution in [0.15, 0.2) is 0 Å². The number of thiol groups is 1. The van der Waals surface area contributed by atoms with E-state index in [-0.39, 0.29) is 5.60 Å². The van der Waals surface area contributed by atoms with E-state index in [0.29, 0.717) is 0 Å². The lowest BCUT2D eigenvalue weighted by molar-refractivity contribution is -0.0573. The SMILES string of the molecule is CC1(OCCCCCNCCS)CCCCC1.O=S(=O)(O)O. The van der Waals surface area contributed by atoms with Crippen LogP contribution < -0.4 is 5.32 Å². The van der Waals surface area contributed by atoms with Crippen LogP contribution in [-0.2, 0) is 15.1 Å². The number of unbranched alkanes of at least 4 members (excludes halogenated alkanes) is 2. The first-order valence-electron chi connectivity index (χ1n) is 7.92. The van der Waals surface area contributed by atoms with Crippen LogP contribution in [0.4, 0.5) is 0 Å². The van der Waals surface area contributed by atoms with E-state index in [2.05, 4.69) is 24.9 Å². The molecule has 0 atom stereocenters. The van der Waals surface area contributed by atoms with Crippen LogP contribution >= 0.6 is 12.6 Å². The minimum absolute atomic E-state index is 0.197. The van der Waals surface area contributed by atoms with Gasteiger partial charge in [-0.05, 0) is 45.6 Å². The average Bonchev–Trinajstić information content (AvgIpc) is 2.41. The molecule has 0 heterocycles. The Bertz CT molecular complexity index is 348. The molecule has 0 radical (unpaired) electrons. The predicted molar refractivity (Wildman–Crippen MR) is 92.2 cm³/mol. The Morgan fingerprint density at radius 3 is 2.23 bits per heavy atom. The van der Waals surface area contributed by atoms with E-state index in [0.717, 1.165) is 25.4 Å². The zero-order chi connectivity index (χ0) is 16.9. The van der Waals surface area contributed by atoms with Crippen molar-refractivity contribution in [3.05, 3.63) is 0 Å². The highest BCUT2D eigenvalue weighted by atomic mass is 32.3. The van der Waals surface area contributed by atoms with E-state index in [4.69, 9.17) is 22.3 Å². The fraction of sp³-hybridized carbons (Fsp3) is 1.00. The number of hydrogen-bond acceptors (Lipinski definition) is 5. The molecule has 0 aromatic carbocycles. The first kappa shape index (κ1) is 22.1. The van der Waals surface area contributed by atoms with Crippen LogP contribution in [0.5, 0.6) is 0 Å². The highest BCUT2D eigenvalue weighted by Gasteiger charge is 2.26. The smallest absolute Gasteiger partial charge is 0.375 e. The molecule has 134 valence electrons. The molecule has 6 nitrogen and oxygen atoms in total. The van der Waals surface area contributed by atoms with E-state index in [1.165, 1.54) is 51.4 Å². The molecular weight excluding hydrogens is 326 g/mol. The van der Waals surface area contributed by atoms with Gasteiger partial charge in [0.05, 0.1) is 5.60 Å². The lowest BCUT2D eigenvalue weighted by atomic mass is 9.86. The molecule has 0 amide bonds. The zero-order valence-electron chi connectivity index (χ0n) is 13.5. The highest BCUT2D eigenvalue weighted by Crippen LogP contribution is 2.31. The molecular formula is C14H31NO5S2. The summed E-state index contributed by atoms with van der Waals surface area (Å²) >= 11 is 4.16. The van der Waals surface area contributed by atoms with Gasteiger partial charge in [0.25, 0.3) is 0 Å². The van der Waals surface area contributed by atoms with Gasteiger partial charge in [-0.1, -0.05) is 19.3 Å².